The normalized spacial score (nSPS) is 13.8. The van der Waals surface area contributed by atoms with Crippen LogP contribution in [-0.2, 0) is 19.2 Å². The summed E-state index contributed by atoms with van der Waals surface area (Å²) in [6, 6.07) is 0. The molecular formula is C32H50Na2O8. The first-order valence-electron chi connectivity index (χ1n) is 14.1. The van der Waals surface area contributed by atoms with Crippen molar-refractivity contribution in [2.24, 2.45) is 23.7 Å². The molecule has 0 radical (unpaired) electrons. The maximum Gasteiger partial charge on any atom is 1.00 e. The van der Waals surface area contributed by atoms with Crippen molar-refractivity contribution in [3.05, 3.63) is 46.6 Å². The zero-order valence-corrected chi connectivity index (χ0v) is 31.6. The standard InChI is InChI=1S/2C16H26O4.2Na/c2*1-11(2)6-5-7-12(3)8-9-14(16(19)20)13(4)10-15(17)18;;/h2*9-12H,5-8H2,1-4H3,(H,17,18)(H,19,20);;/q;;2*+1/p-2/b13-10+,14-9-;13-10-,14-9+;;. The van der Waals surface area contributed by atoms with Crippen molar-refractivity contribution < 1.29 is 98.7 Å². The number of hydrogen-bond donors (Lipinski definition) is 2. The summed E-state index contributed by atoms with van der Waals surface area (Å²) >= 11 is 0. The molecule has 42 heavy (non-hydrogen) atoms. The Kier molecular flexibility index (Phi) is 31.2. The Morgan fingerprint density at radius 3 is 1.10 bits per heavy atom. The summed E-state index contributed by atoms with van der Waals surface area (Å²) in [5.41, 5.74) is 0.380. The fourth-order valence-electron chi connectivity index (χ4n) is 3.96. The molecule has 0 spiro atoms. The van der Waals surface area contributed by atoms with Gasteiger partial charge in [-0.15, -0.1) is 0 Å². The van der Waals surface area contributed by atoms with Gasteiger partial charge in [0.25, 0.3) is 0 Å². The molecule has 0 amide bonds. The topological polar surface area (TPSA) is 155 Å². The summed E-state index contributed by atoms with van der Waals surface area (Å²) in [5, 5.41) is 39.3. The number of allylic oxidation sites excluding steroid dienone is 2. The molecule has 0 rings (SSSR count). The maximum atomic E-state index is 11.0. The SMILES string of the molecule is CC(=C/C(=O)O)/C(=C\CC(C)CCCC(C)C)C(=O)[O-].CC(=C\C(=O)O)/C(=C/CC(C)CCCC(C)C)C(=O)[O-].[Na+].[Na+]. The monoisotopic (exact) mass is 608 g/mol. The van der Waals surface area contributed by atoms with E-state index in [2.05, 4.69) is 41.5 Å². The van der Waals surface area contributed by atoms with Gasteiger partial charge in [-0.05, 0) is 72.7 Å². The van der Waals surface area contributed by atoms with E-state index in [0.717, 1.165) is 37.8 Å². The molecule has 0 fully saturated rings. The molecule has 0 saturated heterocycles. The van der Waals surface area contributed by atoms with Gasteiger partial charge in [-0.3, -0.25) is 0 Å². The summed E-state index contributed by atoms with van der Waals surface area (Å²) in [4.78, 5) is 43.2. The van der Waals surface area contributed by atoms with E-state index in [9.17, 15) is 29.4 Å². The van der Waals surface area contributed by atoms with Crippen molar-refractivity contribution in [1.29, 1.82) is 0 Å². The van der Waals surface area contributed by atoms with Crippen LogP contribution in [0.25, 0.3) is 0 Å². The van der Waals surface area contributed by atoms with Crippen LogP contribution in [0.15, 0.2) is 46.6 Å². The molecule has 2 atom stereocenters. The molecule has 228 valence electrons. The van der Waals surface area contributed by atoms with Crippen molar-refractivity contribution in [3.8, 4) is 0 Å². The van der Waals surface area contributed by atoms with Crippen LogP contribution in [-0.4, -0.2) is 34.1 Å². The molecular weight excluding hydrogens is 558 g/mol. The van der Waals surface area contributed by atoms with Crippen LogP contribution in [0.2, 0.25) is 0 Å². The van der Waals surface area contributed by atoms with E-state index < -0.39 is 23.9 Å². The summed E-state index contributed by atoms with van der Waals surface area (Å²) < 4.78 is 0. The fourth-order valence-corrected chi connectivity index (χ4v) is 3.96. The third kappa shape index (κ3) is 27.7. The molecule has 2 unspecified atom stereocenters. The number of rotatable bonds is 18. The number of aliphatic carboxylic acids is 4. The van der Waals surface area contributed by atoms with Gasteiger partial charge in [-0.2, -0.15) is 0 Å². The molecule has 0 saturated carbocycles. The van der Waals surface area contributed by atoms with Gasteiger partial charge in [-0.1, -0.05) is 92.2 Å². The van der Waals surface area contributed by atoms with Crippen molar-refractivity contribution in [3.63, 3.8) is 0 Å². The third-order valence-corrected chi connectivity index (χ3v) is 6.37. The molecule has 0 aromatic carbocycles. The summed E-state index contributed by atoms with van der Waals surface area (Å²) in [6.45, 7) is 15.8. The Hall–Kier alpha value is -1.16. The van der Waals surface area contributed by atoms with Crippen molar-refractivity contribution in [2.75, 3.05) is 0 Å². The van der Waals surface area contributed by atoms with Gasteiger partial charge in [-0.25, -0.2) is 9.59 Å². The van der Waals surface area contributed by atoms with Gasteiger partial charge < -0.3 is 30.0 Å². The van der Waals surface area contributed by atoms with E-state index in [1.54, 1.807) is 12.2 Å². The van der Waals surface area contributed by atoms with Crippen LogP contribution in [0, 0.1) is 23.7 Å². The Labute approximate surface area is 297 Å². The second-order valence-electron chi connectivity index (χ2n) is 11.5. The second-order valence-corrected chi connectivity index (χ2v) is 11.5. The summed E-state index contributed by atoms with van der Waals surface area (Å²) in [5.74, 6) is -2.85. The van der Waals surface area contributed by atoms with Gasteiger partial charge in [0.05, 0.1) is 11.9 Å². The Bertz CT molecular complexity index is 870. The average Bonchev–Trinajstić information content (AvgIpc) is 2.77. The van der Waals surface area contributed by atoms with Gasteiger partial charge in [0.15, 0.2) is 0 Å². The molecule has 0 bridgehead atoms. The third-order valence-electron chi connectivity index (χ3n) is 6.37. The molecule has 0 aliphatic carbocycles. The zero-order valence-electron chi connectivity index (χ0n) is 27.6. The average molecular weight is 609 g/mol. The number of carbonyl (C=O) groups is 4. The van der Waals surface area contributed by atoms with E-state index >= 15 is 0 Å². The largest absolute Gasteiger partial charge is 1.00 e. The van der Waals surface area contributed by atoms with Gasteiger partial charge >= 0.3 is 71.1 Å². The predicted molar refractivity (Wildman–Crippen MR) is 154 cm³/mol. The Morgan fingerprint density at radius 2 is 0.881 bits per heavy atom. The minimum absolute atomic E-state index is 0. The van der Waals surface area contributed by atoms with Crippen LogP contribution < -0.4 is 69.3 Å². The first-order chi connectivity index (χ1) is 18.5. The van der Waals surface area contributed by atoms with E-state index in [1.165, 1.54) is 26.7 Å². The Balaban J connectivity index is -0.000000328. The van der Waals surface area contributed by atoms with Crippen molar-refractivity contribution in [2.45, 2.75) is 107 Å². The number of carboxylic acid groups (broad SMARTS) is 4. The van der Waals surface area contributed by atoms with Crippen molar-refractivity contribution in [1.82, 2.24) is 0 Å². The van der Waals surface area contributed by atoms with Gasteiger partial charge in [0.2, 0.25) is 0 Å². The number of hydrogen-bond acceptors (Lipinski definition) is 6. The first-order valence-corrected chi connectivity index (χ1v) is 14.1. The molecule has 2 N–H and O–H groups in total. The first kappa shape index (κ1) is 47.8. The van der Waals surface area contributed by atoms with E-state index in [-0.39, 0.29) is 81.4 Å². The molecule has 10 heteroatoms. The molecule has 0 heterocycles. The van der Waals surface area contributed by atoms with Crippen LogP contribution in [0.4, 0.5) is 0 Å². The fraction of sp³-hybridized carbons (Fsp3) is 0.625. The van der Waals surface area contributed by atoms with E-state index in [1.807, 2.05) is 0 Å². The number of carbonyl (C=O) groups excluding carboxylic acids is 2. The predicted octanol–water partition coefficient (Wildman–Crippen LogP) is -0.900. The number of carboxylic acids is 4. The van der Waals surface area contributed by atoms with Crippen molar-refractivity contribution >= 4 is 23.9 Å². The zero-order chi connectivity index (χ0) is 31.4. The smallest absolute Gasteiger partial charge is 0.545 e. The molecule has 0 aliphatic rings. The summed E-state index contributed by atoms with van der Waals surface area (Å²) in [6.07, 6.45) is 12.8. The minimum atomic E-state index is -1.32. The molecule has 8 nitrogen and oxygen atoms in total. The van der Waals surface area contributed by atoms with Crippen LogP contribution >= 0.6 is 0 Å². The van der Waals surface area contributed by atoms with Crippen LogP contribution in [0.5, 0.6) is 0 Å². The van der Waals surface area contributed by atoms with E-state index in [4.69, 9.17) is 10.2 Å². The second kappa shape index (κ2) is 27.4. The minimum Gasteiger partial charge on any atom is -0.545 e. The van der Waals surface area contributed by atoms with Crippen LogP contribution in [0.3, 0.4) is 0 Å². The summed E-state index contributed by atoms with van der Waals surface area (Å²) in [7, 11) is 0. The maximum absolute atomic E-state index is 11.0. The van der Waals surface area contributed by atoms with Gasteiger partial charge in [0.1, 0.15) is 0 Å². The van der Waals surface area contributed by atoms with Gasteiger partial charge in [0, 0.05) is 12.2 Å². The quantitative estimate of drug-likeness (QED) is 0.115. The van der Waals surface area contributed by atoms with E-state index in [0.29, 0.717) is 36.5 Å². The molecule has 0 aromatic heterocycles. The Morgan fingerprint density at radius 1 is 0.595 bits per heavy atom. The molecule has 0 aliphatic heterocycles. The van der Waals surface area contributed by atoms with Crippen LogP contribution in [0.1, 0.15) is 107 Å². The molecule has 0 aromatic rings.